The minimum atomic E-state index is -0.389. The Morgan fingerprint density at radius 2 is 1.97 bits per heavy atom. The summed E-state index contributed by atoms with van der Waals surface area (Å²) >= 11 is 12.0. The van der Waals surface area contributed by atoms with Crippen molar-refractivity contribution in [2.75, 3.05) is 5.32 Å². The van der Waals surface area contributed by atoms with E-state index in [2.05, 4.69) is 20.6 Å². The van der Waals surface area contributed by atoms with E-state index in [1.807, 2.05) is 0 Å². The smallest absolute Gasteiger partial charge is 0.274 e. The topological polar surface area (TPSA) is 75.6 Å². The number of halogens is 3. The maximum Gasteiger partial charge on any atom is 0.274 e. The standard InChI is InChI=1S/C20H14Cl2FN5O/c21-15-5-4-13(9-16(15)22)17-10-18(26-25-17)20(29)24-19-6-7-28(27-19)11-12-2-1-3-14(23)8-12/h1-10H,11H2,(H,25,26)(H,24,27,29). The maximum absolute atomic E-state index is 13.3. The van der Waals surface area contributed by atoms with Crippen LogP contribution in [0.2, 0.25) is 10.0 Å². The molecule has 0 fully saturated rings. The first-order valence-corrected chi connectivity index (χ1v) is 9.33. The summed E-state index contributed by atoms with van der Waals surface area (Å²) in [7, 11) is 0. The van der Waals surface area contributed by atoms with Gasteiger partial charge in [0.2, 0.25) is 0 Å². The molecule has 0 atom stereocenters. The summed E-state index contributed by atoms with van der Waals surface area (Å²) in [4.78, 5) is 12.5. The molecule has 4 rings (SSSR count). The third-order valence-electron chi connectivity index (χ3n) is 4.15. The van der Waals surface area contributed by atoms with Crippen molar-refractivity contribution in [3.05, 3.63) is 87.9 Å². The Balaban J connectivity index is 1.44. The van der Waals surface area contributed by atoms with Crippen LogP contribution in [0.5, 0.6) is 0 Å². The largest absolute Gasteiger partial charge is 0.304 e. The summed E-state index contributed by atoms with van der Waals surface area (Å²) in [6.45, 7) is 0.388. The molecule has 9 heteroatoms. The van der Waals surface area contributed by atoms with Crippen molar-refractivity contribution in [1.82, 2.24) is 20.0 Å². The number of nitrogens with one attached hydrogen (secondary N) is 2. The van der Waals surface area contributed by atoms with Crippen LogP contribution in [-0.4, -0.2) is 25.9 Å². The van der Waals surface area contributed by atoms with E-state index in [9.17, 15) is 9.18 Å². The number of hydrogen-bond donors (Lipinski definition) is 2. The van der Waals surface area contributed by atoms with Crippen molar-refractivity contribution >= 4 is 34.9 Å². The number of anilines is 1. The molecule has 0 unspecified atom stereocenters. The van der Waals surface area contributed by atoms with Crippen LogP contribution in [0.4, 0.5) is 10.2 Å². The van der Waals surface area contributed by atoms with Crippen molar-refractivity contribution in [3.63, 3.8) is 0 Å². The van der Waals surface area contributed by atoms with E-state index >= 15 is 0 Å². The van der Waals surface area contributed by atoms with Gasteiger partial charge in [0, 0.05) is 17.8 Å². The molecule has 0 saturated heterocycles. The molecule has 146 valence electrons. The van der Waals surface area contributed by atoms with Crippen LogP contribution >= 0.6 is 23.2 Å². The van der Waals surface area contributed by atoms with Crippen molar-refractivity contribution in [3.8, 4) is 11.3 Å². The van der Waals surface area contributed by atoms with Crippen LogP contribution in [0.3, 0.4) is 0 Å². The van der Waals surface area contributed by atoms with E-state index in [4.69, 9.17) is 23.2 Å². The third-order valence-corrected chi connectivity index (χ3v) is 4.89. The maximum atomic E-state index is 13.3. The Kier molecular flexibility index (Phi) is 5.33. The quantitative estimate of drug-likeness (QED) is 0.467. The highest BCUT2D eigenvalue weighted by atomic mass is 35.5. The van der Waals surface area contributed by atoms with Crippen molar-refractivity contribution in [2.24, 2.45) is 0 Å². The van der Waals surface area contributed by atoms with E-state index in [0.29, 0.717) is 28.1 Å². The third kappa shape index (κ3) is 4.47. The first kappa shape index (κ1) is 19.2. The molecule has 0 spiro atoms. The summed E-state index contributed by atoms with van der Waals surface area (Å²) in [5, 5.41) is 14.7. The number of rotatable bonds is 5. The lowest BCUT2D eigenvalue weighted by atomic mass is 10.1. The summed E-state index contributed by atoms with van der Waals surface area (Å²) in [5.74, 6) is -0.322. The van der Waals surface area contributed by atoms with E-state index in [-0.39, 0.29) is 17.4 Å². The fourth-order valence-electron chi connectivity index (χ4n) is 2.76. The van der Waals surface area contributed by atoms with Gasteiger partial charge in [-0.05, 0) is 35.9 Å². The molecular weight excluding hydrogens is 416 g/mol. The number of carbonyl (C=O) groups excluding carboxylic acids is 1. The van der Waals surface area contributed by atoms with Crippen LogP contribution in [0, 0.1) is 5.82 Å². The zero-order valence-electron chi connectivity index (χ0n) is 14.9. The van der Waals surface area contributed by atoms with Gasteiger partial charge in [0.1, 0.15) is 11.5 Å². The molecule has 6 nitrogen and oxygen atoms in total. The normalized spacial score (nSPS) is 10.9. The van der Waals surface area contributed by atoms with Crippen LogP contribution in [0.1, 0.15) is 16.1 Å². The molecule has 2 aromatic carbocycles. The van der Waals surface area contributed by atoms with Gasteiger partial charge in [0.25, 0.3) is 5.91 Å². The van der Waals surface area contributed by atoms with Gasteiger partial charge >= 0.3 is 0 Å². The number of aromatic nitrogens is 4. The molecule has 29 heavy (non-hydrogen) atoms. The van der Waals surface area contributed by atoms with Gasteiger partial charge in [-0.2, -0.15) is 10.2 Å². The number of hydrogen-bond acceptors (Lipinski definition) is 3. The van der Waals surface area contributed by atoms with Crippen molar-refractivity contribution in [1.29, 1.82) is 0 Å². The second-order valence-corrected chi connectivity index (χ2v) is 7.09. The Labute approximate surface area is 175 Å². The highest BCUT2D eigenvalue weighted by molar-refractivity contribution is 6.42. The molecule has 2 aromatic heterocycles. The second-order valence-electron chi connectivity index (χ2n) is 6.28. The van der Waals surface area contributed by atoms with Crippen LogP contribution in [-0.2, 0) is 6.54 Å². The van der Waals surface area contributed by atoms with Crippen LogP contribution in [0.15, 0.2) is 60.8 Å². The number of H-pyrrole nitrogens is 1. The van der Waals surface area contributed by atoms with Crippen molar-refractivity contribution < 1.29 is 9.18 Å². The molecule has 0 aliphatic carbocycles. The van der Waals surface area contributed by atoms with Gasteiger partial charge in [-0.25, -0.2) is 4.39 Å². The summed E-state index contributed by atoms with van der Waals surface area (Å²) in [6.07, 6.45) is 1.70. The summed E-state index contributed by atoms with van der Waals surface area (Å²) in [6, 6.07) is 14.6. The predicted molar refractivity (Wildman–Crippen MR) is 110 cm³/mol. The molecule has 0 aliphatic heterocycles. The zero-order valence-corrected chi connectivity index (χ0v) is 16.4. The Morgan fingerprint density at radius 3 is 2.76 bits per heavy atom. The summed E-state index contributed by atoms with van der Waals surface area (Å²) in [5.41, 5.74) is 2.33. The minimum Gasteiger partial charge on any atom is -0.304 e. The van der Waals surface area contributed by atoms with Gasteiger partial charge in [-0.15, -0.1) is 0 Å². The number of nitrogens with zero attached hydrogens (tertiary/aromatic N) is 3. The summed E-state index contributed by atoms with van der Waals surface area (Å²) < 4.78 is 14.9. The Morgan fingerprint density at radius 1 is 1.10 bits per heavy atom. The van der Waals surface area contributed by atoms with Crippen LogP contribution < -0.4 is 5.32 Å². The first-order valence-electron chi connectivity index (χ1n) is 8.58. The minimum absolute atomic E-state index is 0.269. The molecule has 0 saturated carbocycles. The van der Waals surface area contributed by atoms with Crippen molar-refractivity contribution in [2.45, 2.75) is 6.54 Å². The van der Waals surface area contributed by atoms with Gasteiger partial charge in [0.05, 0.1) is 22.3 Å². The van der Waals surface area contributed by atoms with E-state index in [0.717, 1.165) is 11.1 Å². The van der Waals surface area contributed by atoms with Crippen LogP contribution in [0.25, 0.3) is 11.3 Å². The van der Waals surface area contributed by atoms with Gasteiger partial charge in [-0.3, -0.25) is 14.6 Å². The number of carbonyl (C=O) groups is 1. The molecule has 4 aromatic rings. The zero-order chi connectivity index (χ0) is 20.4. The predicted octanol–water partition coefficient (Wildman–Crippen LogP) is 5.02. The van der Waals surface area contributed by atoms with Gasteiger partial charge in [-0.1, -0.05) is 41.4 Å². The molecule has 0 radical (unpaired) electrons. The average Bonchev–Trinajstić information content (AvgIpc) is 3.34. The SMILES string of the molecule is O=C(Nc1ccn(Cc2cccc(F)c2)n1)c1cc(-c2ccc(Cl)c(Cl)c2)n[nH]1. The fraction of sp³-hybridized carbons (Fsp3) is 0.0500. The molecule has 0 bridgehead atoms. The molecule has 0 aliphatic rings. The lowest BCUT2D eigenvalue weighted by Crippen LogP contribution is -2.13. The Hall–Kier alpha value is -3.16. The molecule has 2 heterocycles. The van der Waals surface area contributed by atoms with Gasteiger partial charge in [0.15, 0.2) is 5.82 Å². The van der Waals surface area contributed by atoms with Gasteiger partial charge < -0.3 is 5.32 Å². The number of benzene rings is 2. The first-order chi connectivity index (χ1) is 14.0. The monoisotopic (exact) mass is 429 g/mol. The van der Waals surface area contributed by atoms with E-state index in [1.165, 1.54) is 12.1 Å². The number of amides is 1. The van der Waals surface area contributed by atoms with E-state index < -0.39 is 0 Å². The molecule has 1 amide bonds. The highest BCUT2D eigenvalue weighted by Crippen LogP contribution is 2.27. The lowest BCUT2D eigenvalue weighted by Gasteiger charge is -2.02. The lowest BCUT2D eigenvalue weighted by molar-refractivity contribution is 0.102. The highest BCUT2D eigenvalue weighted by Gasteiger charge is 2.13. The fourth-order valence-corrected chi connectivity index (χ4v) is 3.06. The van der Waals surface area contributed by atoms with E-state index in [1.54, 1.807) is 53.3 Å². The number of aromatic amines is 1. The molecule has 2 N–H and O–H groups in total. The molecular formula is C20H14Cl2FN5O. The average molecular weight is 430 g/mol. The second kappa shape index (κ2) is 8.06. The Bertz CT molecular complexity index is 1190.